The Morgan fingerprint density at radius 2 is 2.11 bits per heavy atom. The van der Waals surface area contributed by atoms with E-state index >= 15 is 0 Å². The molecule has 2 atom stereocenters. The molecule has 1 aromatic rings. The van der Waals surface area contributed by atoms with Crippen LogP contribution in [0.25, 0.3) is 0 Å². The molecule has 2 N–H and O–H groups in total. The van der Waals surface area contributed by atoms with Gasteiger partial charge in [0.2, 0.25) is 0 Å². The van der Waals surface area contributed by atoms with Crippen LogP contribution in [0.2, 0.25) is 0 Å². The summed E-state index contributed by atoms with van der Waals surface area (Å²) < 4.78 is 5.48. The van der Waals surface area contributed by atoms with E-state index in [4.69, 9.17) is 9.84 Å². The van der Waals surface area contributed by atoms with Crippen LogP contribution in [0.5, 0.6) is 0 Å². The average molecular weight is 263 g/mol. The molecule has 1 amide bonds. The number of aromatic carboxylic acids is 1. The minimum atomic E-state index is -0.969. The van der Waals surface area contributed by atoms with Crippen LogP contribution < -0.4 is 5.32 Å². The van der Waals surface area contributed by atoms with Gasteiger partial charge in [0.05, 0.1) is 11.7 Å². The molecule has 19 heavy (non-hydrogen) atoms. The minimum Gasteiger partial charge on any atom is -0.478 e. The summed E-state index contributed by atoms with van der Waals surface area (Å²) in [7, 11) is 0. The summed E-state index contributed by atoms with van der Waals surface area (Å²) in [6.45, 7) is 3.65. The molecule has 2 unspecified atom stereocenters. The van der Waals surface area contributed by atoms with Crippen LogP contribution in [0, 0.1) is 6.92 Å². The highest BCUT2D eigenvalue weighted by Crippen LogP contribution is 2.21. The predicted molar refractivity (Wildman–Crippen MR) is 70.3 cm³/mol. The Balaban J connectivity index is 2.05. The number of amides is 1. The molecule has 5 nitrogen and oxygen atoms in total. The number of carbonyl (C=O) groups is 2. The van der Waals surface area contributed by atoms with Crippen molar-refractivity contribution in [2.75, 3.05) is 5.32 Å². The molecule has 1 aliphatic rings. The maximum Gasteiger partial charge on any atom is 0.335 e. The number of nitrogens with one attached hydrogen (secondary N) is 1. The molecule has 0 spiro atoms. The molecule has 102 valence electrons. The number of carboxylic acids is 1. The smallest absolute Gasteiger partial charge is 0.335 e. The summed E-state index contributed by atoms with van der Waals surface area (Å²) >= 11 is 0. The first-order valence-electron chi connectivity index (χ1n) is 6.27. The zero-order valence-corrected chi connectivity index (χ0v) is 11.0. The van der Waals surface area contributed by atoms with E-state index in [0.29, 0.717) is 11.3 Å². The van der Waals surface area contributed by atoms with Crippen molar-refractivity contribution in [1.82, 2.24) is 0 Å². The molecule has 0 aliphatic carbocycles. The van der Waals surface area contributed by atoms with Crippen molar-refractivity contribution >= 4 is 17.6 Å². The average Bonchev–Trinajstić information content (AvgIpc) is 2.75. The normalized spacial score (nSPS) is 22.2. The van der Waals surface area contributed by atoms with E-state index < -0.39 is 12.1 Å². The number of anilines is 1. The van der Waals surface area contributed by atoms with Gasteiger partial charge in [0.25, 0.3) is 5.91 Å². The van der Waals surface area contributed by atoms with E-state index in [9.17, 15) is 9.59 Å². The fraction of sp³-hybridized carbons (Fsp3) is 0.429. The molecular weight excluding hydrogens is 246 g/mol. The number of benzene rings is 1. The molecule has 1 aliphatic heterocycles. The molecule has 5 heteroatoms. The molecule has 0 aromatic heterocycles. The maximum absolute atomic E-state index is 11.9. The third-order valence-corrected chi connectivity index (χ3v) is 3.25. The fourth-order valence-electron chi connectivity index (χ4n) is 2.20. The van der Waals surface area contributed by atoms with E-state index in [-0.39, 0.29) is 17.6 Å². The SMILES string of the molecule is Cc1cc(NC(=O)C2CCC(C)O2)ccc1C(=O)O. The van der Waals surface area contributed by atoms with Crippen molar-refractivity contribution in [2.24, 2.45) is 0 Å². The monoisotopic (exact) mass is 263 g/mol. The first-order chi connectivity index (χ1) is 8.97. The van der Waals surface area contributed by atoms with Crippen LogP contribution in [0.1, 0.15) is 35.7 Å². The topological polar surface area (TPSA) is 75.6 Å². The second kappa shape index (κ2) is 5.40. The highest BCUT2D eigenvalue weighted by molar-refractivity contribution is 5.95. The number of aryl methyl sites for hydroxylation is 1. The fourth-order valence-corrected chi connectivity index (χ4v) is 2.20. The van der Waals surface area contributed by atoms with Gasteiger partial charge in [-0.1, -0.05) is 0 Å². The Bertz CT molecular complexity index is 512. The lowest BCUT2D eigenvalue weighted by Gasteiger charge is -2.12. The molecule has 1 heterocycles. The number of rotatable bonds is 3. The van der Waals surface area contributed by atoms with Crippen LogP contribution in [0.15, 0.2) is 18.2 Å². The van der Waals surface area contributed by atoms with Gasteiger partial charge < -0.3 is 15.2 Å². The molecular formula is C14H17NO4. The maximum atomic E-state index is 11.9. The number of hydrogen-bond donors (Lipinski definition) is 2. The lowest BCUT2D eigenvalue weighted by Crippen LogP contribution is -2.27. The number of carboxylic acid groups (broad SMARTS) is 1. The quantitative estimate of drug-likeness (QED) is 0.876. The van der Waals surface area contributed by atoms with Crippen molar-refractivity contribution in [3.05, 3.63) is 29.3 Å². The van der Waals surface area contributed by atoms with E-state index in [1.807, 2.05) is 6.92 Å². The summed E-state index contributed by atoms with van der Waals surface area (Å²) in [4.78, 5) is 22.8. The Morgan fingerprint density at radius 1 is 1.37 bits per heavy atom. The highest BCUT2D eigenvalue weighted by Gasteiger charge is 2.28. The first kappa shape index (κ1) is 13.5. The van der Waals surface area contributed by atoms with Gasteiger partial charge in [-0.05, 0) is 50.5 Å². The third kappa shape index (κ3) is 3.12. The van der Waals surface area contributed by atoms with Crippen molar-refractivity contribution in [2.45, 2.75) is 38.9 Å². The molecule has 2 rings (SSSR count). The van der Waals surface area contributed by atoms with Crippen LogP contribution in [-0.2, 0) is 9.53 Å². The van der Waals surface area contributed by atoms with Crippen molar-refractivity contribution in [1.29, 1.82) is 0 Å². The van der Waals surface area contributed by atoms with Gasteiger partial charge in [0.15, 0.2) is 0 Å². The summed E-state index contributed by atoms with van der Waals surface area (Å²) in [6, 6.07) is 4.73. The van der Waals surface area contributed by atoms with Gasteiger partial charge in [-0.3, -0.25) is 4.79 Å². The third-order valence-electron chi connectivity index (χ3n) is 3.25. The van der Waals surface area contributed by atoms with Crippen LogP contribution in [-0.4, -0.2) is 29.2 Å². The van der Waals surface area contributed by atoms with Gasteiger partial charge >= 0.3 is 5.97 Å². The van der Waals surface area contributed by atoms with Crippen molar-refractivity contribution in [3.63, 3.8) is 0 Å². The number of ether oxygens (including phenoxy) is 1. The molecule has 1 fully saturated rings. The summed E-state index contributed by atoms with van der Waals surface area (Å²) in [5.41, 5.74) is 1.45. The molecule has 0 saturated carbocycles. The Morgan fingerprint density at radius 3 is 2.63 bits per heavy atom. The van der Waals surface area contributed by atoms with Gasteiger partial charge in [-0.2, -0.15) is 0 Å². The first-order valence-corrected chi connectivity index (χ1v) is 6.27. The van der Waals surface area contributed by atoms with Crippen molar-refractivity contribution < 1.29 is 19.4 Å². The standard InChI is InChI=1S/C14H17NO4/c1-8-7-10(4-5-11(8)14(17)18)15-13(16)12-6-3-9(2)19-12/h4-5,7,9,12H,3,6H2,1-2H3,(H,15,16)(H,17,18). The second-order valence-electron chi connectivity index (χ2n) is 4.84. The van der Waals surface area contributed by atoms with Crippen LogP contribution in [0.4, 0.5) is 5.69 Å². The van der Waals surface area contributed by atoms with E-state index in [2.05, 4.69) is 5.32 Å². The largest absolute Gasteiger partial charge is 0.478 e. The molecule has 0 radical (unpaired) electrons. The number of hydrogen-bond acceptors (Lipinski definition) is 3. The Hall–Kier alpha value is -1.88. The number of carbonyl (C=O) groups excluding carboxylic acids is 1. The minimum absolute atomic E-state index is 0.117. The van der Waals surface area contributed by atoms with Gasteiger partial charge in [-0.25, -0.2) is 4.79 Å². The van der Waals surface area contributed by atoms with Crippen molar-refractivity contribution in [3.8, 4) is 0 Å². The Kier molecular flexibility index (Phi) is 3.85. The van der Waals surface area contributed by atoms with Crippen LogP contribution in [0.3, 0.4) is 0 Å². The molecule has 0 bridgehead atoms. The molecule has 1 aromatic carbocycles. The zero-order chi connectivity index (χ0) is 14.0. The Labute approximate surface area is 111 Å². The van der Waals surface area contributed by atoms with Gasteiger partial charge in [0, 0.05) is 5.69 Å². The zero-order valence-electron chi connectivity index (χ0n) is 11.0. The van der Waals surface area contributed by atoms with E-state index in [0.717, 1.165) is 12.8 Å². The molecule has 1 saturated heterocycles. The lowest BCUT2D eigenvalue weighted by molar-refractivity contribution is -0.126. The lowest BCUT2D eigenvalue weighted by atomic mass is 10.1. The highest BCUT2D eigenvalue weighted by atomic mass is 16.5. The summed E-state index contributed by atoms with van der Waals surface area (Å²) in [5, 5.41) is 11.7. The van der Waals surface area contributed by atoms with Gasteiger partial charge in [0.1, 0.15) is 6.10 Å². The second-order valence-corrected chi connectivity index (χ2v) is 4.84. The van der Waals surface area contributed by atoms with Crippen LogP contribution >= 0.6 is 0 Å². The van der Waals surface area contributed by atoms with Gasteiger partial charge in [-0.15, -0.1) is 0 Å². The summed E-state index contributed by atoms with van der Waals surface area (Å²) in [6.07, 6.45) is 1.31. The van der Waals surface area contributed by atoms with E-state index in [1.54, 1.807) is 19.1 Å². The predicted octanol–water partition coefficient (Wildman–Crippen LogP) is 2.20. The van der Waals surface area contributed by atoms with E-state index in [1.165, 1.54) is 6.07 Å². The summed E-state index contributed by atoms with van der Waals surface area (Å²) in [5.74, 6) is -1.14.